The SMILES string of the molecule is CCc1cccc2c(=O)[nH]c(-c3ccc(C(F)(F)F)cc3)cc12. The third-order valence-electron chi connectivity index (χ3n) is 3.88. The van der Waals surface area contributed by atoms with Crippen LogP contribution < -0.4 is 5.56 Å². The van der Waals surface area contributed by atoms with E-state index in [0.29, 0.717) is 16.6 Å². The van der Waals surface area contributed by atoms with Crippen LogP contribution in [-0.2, 0) is 12.6 Å². The van der Waals surface area contributed by atoms with Gasteiger partial charge in [-0.15, -0.1) is 0 Å². The third-order valence-corrected chi connectivity index (χ3v) is 3.88. The Bertz CT molecular complexity index is 908. The Morgan fingerprint density at radius 1 is 1.00 bits per heavy atom. The molecule has 0 aliphatic heterocycles. The standard InChI is InChI=1S/C18H14F3NO/c1-2-11-4-3-5-14-15(11)10-16(22-17(14)23)12-6-8-13(9-7-12)18(19,20)21/h3-10H,2H2,1H3,(H,22,23). The van der Waals surface area contributed by atoms with E-state index in [1.807, 2.05) is 25.1 Å². The number of alkyl halides is 3. The highest BCUT2D eigenvalue weighted by molar-refractivity contribution is 5.88. The van der Waals surface area contributed by atoms with Gasteiger partial charge in [-0.1, -0.05) is 31.2 Å². The molecular formula is C18H14F3NO. The lowest BCUT2D eigenvalue weighted by Crippen LogP contribution is -2.08. The Balaban J connectivity index is 2.15. The summed E-state index contributed by atoms with van der Waals surface area (Å²) < 4.78 is 37.9. The number of hydrogen-bond donors (Lipinski definition) is 1. The molecule has 1 N–H and O–H groups in total. The molecule has 0 saturated heterocycles. The number of halogens is 3. The van der Waals surface area contributed by atoms with Crippen LogP contribution in [0.15, 0.2) is 53.3 Å². The second-order valence-corrected chi connectivity index (χ2v) is 5.32. The van der Waals surface area contributed by atoms with Gasteiger partial charge in [0.05, 0.1) is 5.56 Å². The summed E-state index contributed by atoms with van der Waals surface area (Å²) in [6.07, 6.45) is -3.60. The summed E-state index contributed by atoms with van der Waals surface area (Å²) in [6, 6.07) is 12.1. The fraction of sp³-hybridized carbons (Fsp3) is 0.167. The van der Waals surface area contributed by atoms with Gasteiger partial charge in [-0.3, -0.25) is 4.79 Å². The van der Waals surface area contributed by atoms with Gasteiger partial charge in [0, 0.05) is 11.1 Å². The van der Waals surface area contributed by atoms with Crippen molar-refractivity contribution in [3.05, 3.63) is 70.0 Å². The molecule has 23 heavy (non-hydrogen) atoms. The molecule has 0 aliphatic carbocycles. The van der Waals surface area contributed by atoms with Crippen molar-refractivity contribution in [1.82, 2.24) is 4.98 Å². The maximum absolute atomic E-state index is 12.6. The number of aryl methyl sites for hydroxylation is 1. The van der Waals surface area contributed by atoms with Crippen molar-refractivity contribution in [2.75, 3.05) is 0 Å². The van der Waals surface area contributed by atoms with Crippen LogP contribution in [0, 0.1) is 0 Å². The Morgan fingerprint density at radius 2 is 1.70 bits per heavy atom. The molecular weight excluding hydrogens is 303 g/mol. The van der Waals surface area contributed by atoms with Crippen LogP contribution in [0.4, 0.5) is 13.2 Å². The molecule has 0 fully saturated rings. The van der Waals surface area contributed by atoms with Crippen molar-refractivity contribution in [2.45, 2.75) is 19.5 Å². The topological polar surface area (TPSA) is 32.9 Å². The van der Waals surface area contributed by atoms with Crippen LogP contribution in [-0.4, -0.2) is 4.98 Å². The smallest absolute Gasteiger partial charge is 0.321 e. The molecule has 2 aromatic carbocycles. The van der Waals surface area contributed by atoms with Gasteiger partial charge in [-0.05, 0) is 47.2 Å². The normalized spacial score (nSPS) is 11.8. The summed E-state index contributed by atoms with van der Waals surface area (Å²) in [5.74, 6) is 0. The minimum absolute atomic E-state index is 0.243. The van der Waals surface area contributed by atoms with E-state index in [1.165, 1.54) is 12.1 Å². The Morgan fingerprint density at radius 3 is 2.30 bits per heavy atom. The predicted octanol–water partition coefficient (Wildman–Crippen LogP) is 4.78. The van der Waals surface area contributed by atoms with E-state index in [4.69, 9.17) is 0 Å². The fourth-order valence-corrected chi connectivity index (χ4v) is 2.65. The van der Waals surface area contributed by atoms with Crippen molar-refractivity contribution in [3.8, 4) is 11.3 Å². The van der Waals surface area contributed by atoms with E-state index in [1.54, 1.807) is 6.07 Å². The van der Waals surface area contributed by atoms with E-state index in [2.05, 4.69) is 4.98 Å². The van der Waals surface area contributed by atoms with Gasteiger partial charge in [0.15, 0.2) is 0 Å². The molecule has 0 bridgehead atoms. The maximum Gasteiger partial charge on any atom is 0.416 e. The van der Waals surface area contributed by atoms with Crippen molar-refractivity contribution < 1.29 is 13.2 Å². The van der Waals surface area contributed by atoms with Gasteiger partial charge in [-0.25, -0.2) is 0 Å². The lowest BCUT2D eigenvalue weighted by molar-refractivity contribution is -0.137. The molecule has 3 aromatic rings. The average molecular weight is 317 g/mol. The summed E-state index contributed by atoms with van der Waals surface area (Å²) in [6.45, 7) is 1.99. The zero-order valence-electron chi connectivity index (χ0n) is 12.4. The lowest BCUT2D eigenvalue weighted by Gasteiger charge is -2.09. The summed E-state index contributed by atoms with van der Waals surface area (Å²) in [4.78, 5) is 15.0. The number of nitrogens with one attached hydrogen (secondary N) is 1. The zero-order chi connectivity index (χ0) is 16.6. The molecule has 0 spiro atoms. The van der Waals surface area contributed by atoms with Crippen molar-refractivity contribution in [1.29, 1.82) is 0 Å². The van der Waals surface area contributed by atoms with Crippen molar-refractivity contribution in [3.63, 3.8) is 0 Å². The second-order valence-electron chi connectivity index (χ2n) is 5.32. The van der Waals surface area contributed by atoms with Gasteiger partial charge in [-0.2, -0.15) is 13.2 Å². The monoisotopic (exact) mass is 317 g/mol. The number of rotatable bonds is 2. The molecule has 1 aromatic heterocycles. The number of pyridine rings is 1. The van der Waals surface area contributed by atoms with Crippen LogP contribution in [0.2, 0.25) is 0 Å². The van der Waals surface area contributed by atoms with E-state index < -0.39 is 11.7 Å². The minimum atomic E-state index is -4.37. The summed E-state index contributed by atoms with van der Waals surface area (Å²) >= 11 is 0. The average Bonchev–Trinajstić information content (AvgIpc) is 2.53. The molecule has 1 heterocycles. The van der Waals surface area contributed by atoms with E-state index in [-0.39, 0.29) is 5.56 Å². The van der Waals surface area contributed by atoms with Gasteiger partial charge in [0.1, 0.15) is 0 Å². The minimum Gasteiger partial charge on any atom is -0.321 e. The number of aromatic amines is 1. The maximum atomic E-state index is 12.6. The first-order valence-electron chi connectivity index (χ1n) is 7.22. The first-order valence-corrected chi connectivity index (χ1v) is 7.22. The van der Waals surface area contributed by atoms with Gasteiger partial charge < -0.3 is 4.98 Å². The van der Waals surface area contributed by atoms with Crippen molar-refractivity contribution in [2.24, 2.45) is 0 Å². The number of fused-ring (bicyclic) bond motifs is 1. The quantitative estimate of drug-likeness (QED) is 0.725. The highest BCUT2D eigenvalue weighted by Crippen LogP contribution is 2.31. The van der Waals surface area contributed by atoms with E-state index in [0.717, 1.165) is 29.5 Å². The molecule has 0 unspecified atom stereocenters. The molecule has 3 rings (SSSR count). The number of H-pyrrole nitrogens is 1. The molecule has 5 heteroatoms. The number of benzene rings is 2. The lowest BCUT2D eigenvalue weighted by atomic mass is 10.0. The molecule has 0 aliphatic rings. The largest absolute Gasteiger partial charge is 0.416 e. The van der Waals surface area contributed by atoms with Gasteiger partial charge in [0.2, 0.25) is 0 Å². The Labute approximate surface area is 130 Å². The highest BCUT2D eigenvalue weighted by Gasteiger charge is 2.30. The molecule has 0 atom stereocenters. The van der Waals surface area contributed by atoms with Crippen LogP contribution in [0.5, 0.6) is 0 Å². The first-order chi connectivity index (χ1) is 10.9. The second kappa shape index (κ2) is 5.57. The molecule has 0 saturated carbocycles. The summed E-state index contributed by atoms with van der Waals surface area (Å²) in [5.41, 5.74) is 1.13. The van der Waals surface area contributed by atoms with Crippen LogP contribution in [0.1, 0.15) is 18.1 Å². The molecule has 2 nitrogen and oxygen atoms in total. The molecule has 0 radical (unpaired) electrons. The van der Waals surface area contributed by atoms with Crippen molar-refractivity contribution >= 4 is 10.8 Å². The van der Waals surface area contributed by atoms with Gasteiger partial charge >= 0.3 is 6.18 Å². The van der Waals surface area contributed by atoms with Crippen LogP contribution in [0.3, 0.4) is 0 Å². The number of hydrogen-bond acceptors (Lipinski definition) is 1. The fourth-order valence-electron chi connectivity index (χ4n) is 2.65. The van der Waals surface area contributed by atoms with Crippen LogP contribution in [0.25, 0.3) is 22.0 Å². The Kier molecular flexibility index (Phi) is 3.72. The third kappa shape index (κ3) is 2.86. The molecule has 0 amide bonds. The van der Waals surface area contributed by atoms with Crippen LogP contribution >= 0.6 is 0 Å². The summed E-state index contributed by atoms with van der Waals surface area (Å²) in [5, 5.41) is 1.41. The first kappa shape index (κ1) is 15.3. The van der Waals surface area contributed by atoms with E-state index in [9.17, 15) is 18.0 Å². The molecule has 118 valence electrons. The predicted molar refractivity (Wildman–Crippen MR) is 84.4 cm³/mol. The van der Waals surface area contributed by atoms with Gasteiger partial charge in [0.25, 0.3) is 5.56 Å². The van der Waals surface area contributed by atoms with E-state index >= 15 is 0 Å². The summed E-state index contributed by atoms with van der Waals surface area (Å²) in [7, 11) is 0. The highest BCUT2D eigenvalue weighted by atomic mass is 19.4. The zero-order valence-corrected chi connectivity index (χ0v) is 12.4. The Hall–Kier alpha value is -2.56. The number of aromatic nitrogens is 1.